The Kier molecular flexibility index (Phi) is 9.30. The van der Waals surface area contributed by atoms with E-state index in [9.17, 15) is 13.8 Å². The minimum atomic E-state index is -1.50. The summed E-state index contributed by atoms with van der Waals surface area (Å²) >= 11 is 0. The molecule has 0 aromatic heterocycles. The standard InChI is InChI=1S/C15H27NO4S/c1-2-3-4-5-6-7-8-11-21(19)12-14(17)16-13-9-10-20-15(13)18/h13H,2-12H2,1H3,(H,16,17)/p+1. The third-order valence-electron chi connectivity index (χ3n) is 3.60. The van der Waals surface area contributed by atoms with Gasteiger partial charge in [-0.05, 0) is 12.8 Å². The lowest BCUT2D eigenvalue weighted by atomic mass is 10.1. The maximum Gasteiger partial charge on any atom is 0.328 e. The third-order valence-corrected chi connectivity index (χ3v) is 5.06. The van der Waals surface area contributed by atoms with Crippen LogP contribution in [-0.4, -0.2) is 36.0 Å². The van der Waals surface area contributed by atoms with Gasteiger partial charge in [-0.1, -0.05) is 39.0 Å². The number of unbranched alkanes of at least 4 members (excludes halogenated alkanes) is 6. The van der Waals surface area contributed by atoms with Crippen LogP contribution in [0.15, 0.2) is 0 Å². The number of cyclic esters (lactones) is 1. The van der Waals surface area contributed by atoms with Crippen LogP contribution in [0.3, 0.4) is 0 Å². The number of thiol groups is 1. The van der Waals surface area contributed by atoms with Crippen LogP contribution in [0.4, 0.5) is 0 Å². The highest BCUT2D eigenvalue weighted by Gasteiger charge is 2.28. The van der Waals surface area contributed by atoms with E-state index < -0.39 is 16.8 Å². The van der Waals surface area contributed by atoms with Gasteiger partial charge in [-0.2, -0.15) is 0 Å². The second kappa shape index (κ2) is 10.8. The van der Waals surface area contributed by atoms with Gasteiger partial charge in [0.2, 0.25) is 0 Å². The highest BCUT2D eigenvalue weighted by molar-refractivity contribution is 7.85. The fraction of sp³-hybridized carbons (Fsp3) is 0.867. The Bertz CT molecular complexity index is 360. The highest BCUT2D eigenvalue weighted by Crippen LogP contribution is 2.08. The molecule has 0 aromatic rings. The molecule has 21 heavy (non-hydrogen) atoms. The summed E-state index contributed by atoms with van der Waals surface area (Å²) in [6, 6.07) is -0.542. The lowest BCUT2D eigenvalue weighted by Gasteiger charge is -2.06. The zero-order chi connectivity index (χ0) is 15.5. The third kappa shape index (κ3) is 8.19. The van der Waals surface area contributed by atoms with Crippen molar-refractivity contribution in [3.05, 3.63) is 0 Å². The minimum Gasteiger partial charge on any atom is -0.464 e. The maximum atomic E-state index is 11.8. The molecular weight excluding hydrogens is 290 g/mol. The van der Waals surface area contributed by atoms with Gasteiger partial charge in [0, 0.05) is 6.42 Å². The zero-order valence-corrected chi connectivity index (χ0v) is 13.8. The largest absolute Gasteiger partial charge is 0.464 e. The van der Waals surface area contributed by atoms with Crippen LogP contribution in [0.25, 0.3) is 0 Å². The van der Waals surface area contributed by atoms with Crippen molar-refractivity contribution in [3.63, 3.8) is 0 Å². The monoisotopic (exact) mass is 318 g/mol. The van der Waals surface area contributed by atoms with Crippen molar-refractivity contribution in [2.75, 3.05) is 18.1 Å². The SMILES string of the molecule is CCCCCCCCC[SH+](=O)CC(=O)NC1CCOC1=O. The Labute approximate surface area is 129 Å². The molecule has 0 spiro atoms. The molecule has 1 amide bonds. The van der Waals surface area contributed by atoms with E-state index in [4.69, 9.17) is 4.74 Å². The molecule has 1 rings (SSSR count). The van der Waals surface area contributed by atoms with Gasteiger partial charge in [-0.15, -0.1) is 4.21 Å². The molecule has 0 radical (unpaired) electrons. The fourth-order valence-electron chi connectivity index (χ4n) is 2.35. The van der Waals surface area contributed by atoms with Gasteiger partial charge >= 0.3 is 5.97 Å². The molecule has 5 nitrogen and oxygen atoms in total. The summed E-state index contributed by atoms with van der Waals surface area (Å²) in [4.78, 5) is 22.9. The van der Waals surface area contributed by atoms with Crippen LogP contribution in [-0.2, 0) is 29.3 Å². The van der Waals surface area contributed by atoms with Crippen molar-refractivity contribution < 1.29 is 18.5 Å². The number of esters is 1. The summed E-state index contributed by atoms with van der Waals surface area (Å²) in [5.74, 6) is -0.0609. The van der Waals surface area contributed by atoms with E-state index in [1.165, 1.54) is 32.1 Å². The predicted octanol–water partition coefficient (Wildman–Crippen LogP) is 1.86. The minimum absolute atomic E-state index is 0.0228. The lowest BCUT2D eigenvalue weighted by Crippen LogP contribution is -2.40. The lowest BCUT2D eigenvalue weighted by molar-refractivity contribution is -0.141. The van der Waals surface area contributed by atoms with Gasteiger partial charge in [-0.25, -0.2) is 4.79 Å². The Morgan fingerprint density at radius 1 is 1.24 bits per heavy atom. The van der Waals surface area contributed by atoms with Gasteiger partial charge in [0.1, 0.15) is 11.8 Å². The second-order valence-corrected chi connectivity index (χ2v) is 7.29. The number of amides is 1. The van der Waals surface area contributed by atoms with Crippen LogP contribution in [0.1, 0.15) is 58.3 Å². The molecule has 0 bridgehead atoms. The number of ether oxygens (including phenoxy) is 1. The number of nitrogens with one attached hydrogen (secondary N) is 1. The van der Waals surface area contributed by atoms with Crippen molar-refractivity contribution >= 4 is 22.7 Å². The maximum absolute atomic E-state index is 11.8. The van der Waals surface area contributed by atoms with Gasteiger partial charge in [0.15, 0.2) is 5.75 Å². The molecule has 122 valence electrons. The summed E-state index contributed by atoms with van der Waals surface area (Å²) < 4.78 is 16.6. The van der Waals surface area contributed by atoms with E-state index in [0.717, 1.165) is 12.8 Å². The summed E-state index contributed by atoms with van der Waals surface area (Å²) in [5.41, 5.74) is 0. The summed E-state index contributed by atoms with van der Waals surface area (Å²) in [6.45, 7) is 2.55. The molecule has 0 aromatic carbocycles. The van der Waals surface area contributed by atoms with Gasteiger partial charge < -0.3 is 10.1 Å². The normalized spacial score (nSPS) is 19.3. The first-order valence-corrected chi connectivity index (χ1v) is 9.64. The van der Waals surface area contributed by atoms with Crippen LogP contribution in [0.2, 0.25) is 0 Å². The zero-order valence-electron chi connectivity index (χ0n) is 12.9. The van der Waals surface area contributed by atoms with Crippen LogP contribution >= 0.6 is 0 Å². The van der Waals surface area contributed by atoms with Crippen molar-refractivity contribution in [1.29, 1.82) is 0 Å². The van der Waals surface area contributed by atoms with Crippen molar-refractivity contribution in [2.45, 2.75) is 64.3 Å². The first-order valence-electron chi connectivity index (χ1n) is 8.01. The van der Waals surface area contributed by atoms with E-state index in [1.54, 1.807) is 0 Å². The number of hydrogen-bond acceptors (Lipinski definition) is 4. The van der Waals surface area contributed by atoms with Gasteiger partial charge in [0.25, 0.3) is 5.91 Å². The molecular formula is C15H28NO4S+. The summed E-state index contributed by atoms with van der Waals surface area (Å²) in [6.07, 6.45) is 8.76. The molecule has 1 fully saturated rings. The van der Waals surface area contributed by atoms with E-state index in [0.29, 0.717) is 18.8 Å². The molecule has 2 atom stereocenters. The molecule has 1 heterocycles. The van der Waals surface area contributed by atoms with Gasteiger partial charge in [0.05, 0.1) is 17.4 Å². The number of rotatable bonds is 11. The molecule has 0 saturated carbocycles. The predicted molar refractivity (Wildman–Crippen MR) is 84.7 cm³/mol. The van der Waals surface area contributed by atoms with Gasteiger partial charge in [-0.3, -0.25) is 4.79 Å². The smallest absolute Gasteiger partial charge is 0.328 e. The van der Waals surface area contributed by atoms with Crippen molar-refractivity contribution in [3.8, 4) is 0 Å². The fourth-order valence-corrected chi connectivity index (χ4v) is 3.50. The number of carbonyl (C=O) groups is 2. The Hall–Kier alpha value is -0.910. The quantitative estimate of drug-likeness (QED) is 0.273. The topological polar surface area (TPSA) is 72.5 Å². The Balaban J connectivity index is 2.02. The van der Waals surface area contributed by atoms with Crippen LogP contribution in [0.5, 0.6) is 0 Å². The molecule has 1 aliphatic heterocycles. The molecule has 1 aliphatic rings. The van der Waals surface area contributed by atoms with Crippen LogP contribution in [0, 0.1) is 0 Å². The van der Waals surface area contributed by atoms with E-state index >= 15 is 0 Å². The number of hydrogen-bond donors (Lipinski definition) is 1. The molecule has 1 N–H and O–H groups in total. The summed E-state index contributed by atoms with van der Waals surface area (Å²) in [7, 11) is -1.50. The molecule has 2 unspecified atom stereocenters. The Morgan fingerprint density at radius 3 is 2.52 bits per heavy atom. The summed E-state index contributed by atoms with van der Waals surface area (Å²) in [5, 5.41) is 2.59. The molecule has 6 heteroatoms. The van der Waals surface area contributed by atoms with Crippen molar-refractivity contribution in [2.24, 2.45) is 0 Å². The average Bonchev–Trinajstić information content (AvgIpc) is 2.83. The second-order valence-electron chi connectivity index (χ2n) is 5.56. The van der Waals surface area contributed by atoms with E-state index in [-0.39, 0.29) is 17.6 Å². The molecule has 1 saturated heterocycles. The molecule has 0 aliphatic carbocycles. The first-order chi connectivity index (χ1) is 10.1. The average molecular weight is 318 g/mol. The first kappa shape index (κ1) is 18.1. The van der Waals surface area contributed by atoms with Crippen molar-refractivity contribution in [1.82, 2.24) is 5.32 Å². The Morgan fingerprint density at radius 2 is 1.90 bits per heavy atom. The van der Waals surface area contributed by atoms with E-state index in [1.807, 2.05) is 0 Å². The number of carbonyl (C=O) groups excluding carboxylic acids is 2. The highest BCUT2D eigenvalue weighted by atomic mass is 32.2. The van der Waals surface area contributed by atoms with Crippen LogP contribution < -0.4 is 5.32 Å². The van der Waals surface area contributed by atoms with E-state index in [2.05, 4.69) is 12.2 Å².